The Bertz CT molecular complexity index is 775. The van der Waals surface area contributed by atoms with Crippen molar-refractivity contribution in [2.45, 2.75) is 6.42 Å². The van der Waals surface area contributed by atoms with Crippen LogP contribution >= 0.6 is 11.3 Å². The molecule has 1 aromatic carbocycles. The van der Waals surface area contributed by atoms with Crippen LogP contribution in [-0.4, -0.2) is 41.1 Å². The van der Waals surface area contributed by atoms with Crippen molar-refractivity contribution in [1.29, 1.82) is 0 Å². The van der Waals surface area contributed by atoms with E-state index < -0.39 is 12.0 Å². The highest BCUT2D eigenvalue weighted by Gasteiger charge is 2.34. The Kier molecular flexibility index (Phi) is 4.48. The van der Waals surface area contributed by atoms with Gasteiger partial charge in [0.15, 0.2) is 0 Å². The number of aliphatic carboxylic acids is 1. The van der Waals surface area contributed by atoms with Gasteiger partial charge in [-0.3, -0.25) is 9.69 Å². The van der Waals surface area contributed by atoms with Crippen LogP contribution in [0.2, 0.25) is 0 Å². The largest absolute Gasteiger partial charge is 0.481 e. The molecule has 8 heteroatoms. The number of carbonyl (C=O) groups excluding carboxylic acids is 2. The zero-order valence-electron chi connectivity index (χ0n) is 12.6. The van der Waals surface area contributed by atoms with Crippen LogP contribution in [0.15, 0.2) is 41.8 Å². The number of carbonyl (C=O) groups is 3. The number of imide groups is 1. The Morgan fingerprint density at radius 1 is 1.17 bits per heavy atom. The summed E-state index contributed by atoms with van der Waals surface area (Å²) in [5.41, 5.74) is 0.882. The highest BCUT2D eigenvalue weighted by atomic mass is 32.1. The van der Waals surface area contributed by atoms with Crippen LogP contribution in [0.1, 0.15) is 5.56 Å². The molecule has 0 unspecified atom stereocenters. The van der Waals surface area contributed by atoms with Gasteiger partial charge < -0.3 is 10.4 Å². The van der Waals surface area contributed by atoms with E-state index in [1.165, 1.54) is 11.3 Å². The summed E-state index contributed by atoms with van der Waals surface area (Å²) in [6, 6.07) is 9.38. The topological polar surface area (TPSA) is 89.9 Å². The van der Waals surface area contributed by atoms with Crippen molar-refractivity contribution in [3.05, 3.63) is 47.3 Å². The van der Waals surface area contributed by atoms with Gasteiger partial charge in [-0.05, 0) is 29.1 Å². The Balaban J connectivity index is 1.72. The number of nitrogens with zero attached hydrogens (tertiary/aromatic N) is 2. The molecule has 0 spiro atoms. The summed E-state index contributed by atoms with van der Waals surface area (Å²) in [5.74, 6) is -0.988. The van der Waals surface area contributed by atoms with Gasteiger partial charge in [-0.25, -0.2) is 14.5 Å². The molecular weight excluding hydrogens is 330 g/mol. The maximum atomic E-state index is 12.4. The third-order valence-corrected chi connectivity index (χ3v) is 4.52. The van der Waals surface area contributed by atoms with Gasteiger partial charge in [0.1, 0.15) is 0 Å². The molecule has 0 aliphatic carbocycles. The molecule has 24 heavy (non-hydrogen) atoms. The summed E-state index contributed by atoms with van der Waals surface area (Å²) in [6.07, 6.45) is -0.203. The first-order valence-electron chi connectivity index (χ1n) is 7.29. The van der Waals surface area contributed by atoms with Crippen LogP contribution in [0.25, 0.3) is 0 Å². The minimum Gasteiger partial charge on any atom is -0.481 e. The third kappa shape index (κ3) is 3.23. The van der Waals surface area contributed by atoms with Crippen LogP contribution in [0, 0.1) is 0 Å². The second-order valence-electron chi connectivity index (χ2n) is 5.19. The molecule has 3 rings (SSSR count). The van der Waals surface area contributed by atoms with Gasteiger partial charge in [0, 0.05) is 12.2 Å². The van der Waals surface area contributed by atoms with Crippen molar-refractivity contribution < 1.29 is 19.5 Å². The van der Waals surface area contributed by atoms with Crippen LogP contribution in [0.5, 0.6) is 0 Å². The summed E-state index contributed by atoms with van der Waals surface area (Å²) in [6.45, 7) is 0.715. The number of hydrogen-bond acceptors (Lipinski definition) is 4. The van der Waals surface area contributed by atoms with Crippen molar-refractivity contribution >= 4 is 40.1 Å². The number of carboxylic acid groups (broad SMARTS) is 1. The molecular formula is C16H15N3O4S. The van der Waals surface area contributed by atoms with E-state index >= 15 is 0 Å². The molecule has 0 atom stereocenters. The van der Waals surface area contributed by atoms with Crippen molar-refractivity contribution in [2.24, 2.45) is 0 Å². The molecule has 7 nitrogen and oxygen atoms in total. The molecule has 4 amide bonds. The fourth-order valence-corrected chi connectivity index (χ4v) is 3.25. The number of hydrogen-bond donors (Lipinski definition) is 2. The Morgan fingerprint density at radius 3 is 2.67 bits per heavy atom. The van der Waals surface area contributed by atoms with E-state index in [-0.39, 0.29) is 19.0 Å². The van der Waals surface area contributed by atoms with E-state index in [0.717, 1.165) is 9.90 Å². The van der Waals surface area contributed by atoms with Crippen LogP contribution in [0.3, 0.4) is 0 Å². The number of benzene rings is 1. The van der Waals surface area contributed by atoms with Gasteiger partial charge in [-0.1, -0.05) is 18.2 Å². The number of amides is 4. The summed E-state index contributed by atoms with van der Waals surface area (Å²) in [5, 5.41) is 14.2. The van der Waals surface area contributed by atoms with E-state index in [1.54, 1.807) is 29.2 Å². The van der Waals surface area contributed by atoms with Crippen molar-refractivity contribution in [3.63, 3.8) is 0 Å². The lowest BCUT2D eigenvalue weighted by Crippen LogP contribution is -2.39. The zero-order valence-corrected chi connectivity index (χ0v) is 13.5. The van der Waals surface area contributed by atoms with Gasteiger partial charge in [-0.2, -0.15) is 0 Å². The number of carboxylic acids is 1. The standard InChI is InChI=1S/C16H15N3O4S/c20-14(21)10-11-4-1-2-5-12(11)17-15(22)19-8-7-18(16(19)23)13-6-3-9-24-13/h1-6,9H,7-8,10H2,(H,17,22)(H,20,21). The predicted octanol–water partition coefficient (Wildman–Crippen LogP) is 2.85. The monoisotopic (exact) mass is 345 g/mol. The number of thiophene rings is 1. The quantitative estimate of drug-likeness (QED) is 0.891. The second-order valence-corrected chi connectivity index (χ2v) is 6.12. The molecule has 2 N–H and O–H groups in total. The highest BCUT2D eigenvalue weighted by Crippen LogP contribution is 2.26. The molecule has 2 heterocycles. The summed E-state index contributed by atoms with van der Waals surface area (Å²) < 4.78 is 0. The molecule has 0 saturated carbocycles. The number of nitrogens with one attached hydrogen (secondary N) is 1. The number of anilines is 2. The summed E-state index contributed by atoms with van der Waals surface area (Å²) in [7, 11) is 0. The Morgan fingerprint density at radius 2 is 1.96 bits per heavy atom. The fourth-order valence-electron chi connectivity index (χ4n) is 2.50. The second kappa shape index (κ2) is 6.71. The van der Waals surface area contributed by atoms with E-state index in [9.17, 15) is 14.4 Å². The fraction of sp³-hybridized carbons (Fsp3) is 0.188. The van der Waals surface area contributed by atoms with Gasteiger partial charge in [0.2, 0.25) is 0 Å². The normalized spacial score (nSPS) is 14.1. The lowest BCUT2D eigenvalue weighted by Gasteiger charge is -2.17. The van der Waals surface area contributed by atoms with Crippen molar-refractivity contribution in [2.75, 3.05) is 23.3 Å². The maximum Gasteiger partial charge on any atom is 0.333 e. The van der Waals surface area contributed by atoms with Crippen LogP contribution < -0.4 is 10.2 Å². The van der Waals surface area contributed by atoms with E-state index in [2.05, 4.69) is 5.32 Å². The molecule has 1 saturated heterocycles. The number of urea groups is 2. The van der Waals surface area contributed by atoms with Gasteiger partial charge >= 0.3 is 18.0 Å². The maximum absolute atomic E-state index is 12.4. The SMILES string of the molecule is O=C(O)Cc1ccccc1NC(=O)N1CCN(c2cccs2)C1=O. The molecule has 0 radical (unpaired) electrons. The first-order valence-corrected chi connectivity index (χ1v) is 8.17. The number of rotatable bonds is 4. The third-order valence-electron chi connectivity index (χ3n) is 3.63. The average molecular weight is 345 g/mol. The lowest BCUT2D eigenvalue weighted by atomic mass is 10.1. The first kappa shape index (κ1) is 16.0. The van der Waals surface area contributed by atoms with Gasteiger partial charge in [0.05, 0.1) is 18.0 Å². The molecule has 124 valence electrons. The first-order chi connectivity index (χ1) is 11.6. The van der Waals surface area contributed by atoms with Gasteiger partial charge in [0.25, 0.3) is 0 Å². The van der Waals surface area contributed by atoms with E-state index in [0.29, 0.717) is 17.8 Å². The van der Waals surface area contributed by atoms with Crippen molar-refractivity contribution in [1.82, 2.24) is 4.90 Å². The Labute approximate surface area is 142 Å². The minimum atomic E-state index is -0.988. The number of para-hydroxylation sites is 1. The van der Waals surface area contributed by atoms with Gasteiger partial charge in [-0.15, -0.1) is 11.3 Å². The van der Waals surface area contributed by atoms with Crippen LogP contribution in [0.4, 0.5) is 20.3 Å². The van der Waals surface area contributed by atoms with E-state index in [1.807, 2.05) is 17.5 Å². The lowest BCUT2D eigenvalue weighted by molar-refractivity contribution is -0.136. The molecule has 0 bridgehead atoms. The molecule has 1 fully saturated rings. The minimum absolute atomic E-state index is 0.203. The molecule has 2 aromatic rings. The average Bonchev–Trinajstić information content (AvgIpc) is 3.18. The van der Waals surface area contributed by atoms with E-state index in [4.69, 9.17) is 5.11 Å². The molecule has 1 aliphatic rings. The predicted molar refractivity (Wildman–Crippen MR) is 90.6 cm³/mol. The summed E-state index contributed by atoms with van der Waals surface area (Å²) >= 11 is 1.43. The Hall–Kier alpha value is -2.87. The summed E-state index contributed by atoms with van der Waals surface area (Å²) in [4.78, 5) is 38.4. The molecule has 1 aromatic heterocycles. The molecule has 1 aliphatic heterocycles. The zero-order chi connectivity index (χ0) is 17.1. The van der Waals surface area contributed by atoms with Crippen LogP contribution in [-0.2, 0) is 11.2 Å². The smallest absolute Gasteiger partial charge is 0.333 e. The highest BCUT2D eigenvalue weighted by molar-refractivity contribution is 7.14. The van der Waals surface area contributed by atoms with Crippen molar-refractivity contribution in [3.8, 4) is 0 Å².